The van der Waals surface area contributed by atoms with E-state index in [2.05, 4.69) is 22.4 Å². The zero-order chi connectivity index (χ0) is 17.2. The minimum Gasteiger partial charge on any atom is -0.452 e. The Balaban J connectivity index is 1.62. The van der Waals surface area contributed by atoms with Crippen LogP contribution in [-0.4, -0.2) is 22.0 Å². The second-order valence-corrected chi connectivity index (χ2v) is 7.27. The summed E-state index contributed by atoms with van der Waals surface area (Å²) in [6.07, 6.45) is 1.80. The van der Waals surface area contributed by atoms with E-state index in [1.165, 1.54) is 0 Å². The van der Waals surface area contributed by atoms with E-state index in [0.717, 1.165) is 21.4 Å². The van der Waals surface area contributed by atoms with Gasteiger partial charge in [-0.2, -0.15) is 0 Å². The molecule has 1 saturated heterocycles. The van der Waals surface area contributed by atoms with Crippen molar-refractivity contribution in [3.8, 4) is 0 Å². The number of pyridine rings is 1. The normalized spacial score (nSPS) is 19.9. The average molecular weight is 367 g/mol. The van der Waals surface area contributed by atoms with Gasteiger partial charge in [-0.05, 0) is 48.6 Å². The quantitative estimate of drug-likeness (QED) is 0.688. The lowest BCUT2D eigenvalue weighted by atomic mass is 10.0. The predicted molar refractivity (Wildman–Crippen MR) is 102 cm³/mol. The maximum Gasteiger partial charge on any atom is 0.170 e. The number of thiocarbonyl (C=S) groups is 1. The molecular formula is C19H17N3OS2. The van der Waals surface area contributed by atoms with Crippen LogP contribution in [0.4, 0.5) is 0 Å². The lowest BCUT2D eigenvalue weighted by molar-refractivity contribution is 0.289. The molecule has 126 valence electrons. The highest BCUT2D eigenvalue weighted by molar-refractivity contribution is 7.99. The molecule has 0 bridgehead atoms. The van der Waals surface area contributed by atoms with Crippen LogP contribution in [0.1, 0.15) is 23.5 Å². The van der Waals surface area contributed by atoms with E-state index in [9.17, 15) is 0 Å². The van der Waals surface area contributed by atoms with E-state index in [4.69, 9.17) is 16.6 Å². The number of likely N-dealkylation sites (N-methyl/N-ethyl adjacent to an activating group) is 1. The third kappa shape index (κ3) is 3.27. The molecule has 3 aromatic rings. The molecule has 4 nitrogen and oxygen atoms in total. The maximum absolute atomic E-state index is 6.14. The zero-order valence-electron chi connectivity index (χ0n) is 13.6. The minimum absolute atomic E-state index is 0.0208. The SMILES string of the molecule is CN1C(=S)N[C@@H](c2ccccn2)[C@@H]1c1ccc(Sc2ccccc2)o1. The fraction of sp³-hybridized carbons (Fsp3) is 0.158. The third-order valence-corrected chi connectivity index (χ3v) is 5.53. The number of hydrogen-bond donors (Lipinski definition) is 1. The van der Waals surface area contributed by atoms with Crippen LogP contribution < -0.4 is 5.32 Å². The summed E-state index contributed by atoms with van der Waals surface area (Å²) in [5, 5.41) is 4.93. The van der Waals surface area contributed by atoms with Crippen molar-refractivity contribution in [1.82, 2.24) is 15.2 Å². The number of nitrogens with one attached hydrogen (secondary N) is 1. The number of benzene rings is 1. The molecule has 2 atom stereocenters. The van der Waals surface area contributed by atoms with Gasteiger partial charge in [0.1, 0.15) is 11.8 Å². The number of nitrogens with zero attached hydrogens (tertiary/aromatic N) is 2. The van der Waals surface area contributed by atoms with Crippen molar-refractivity contribution in [2.24, 2.45) is 0 Å². The zero-order valence-corrected chi connectivity index (χ0v) is 15.3. The molecule has 1 fully saturated rings. The molecule has 0 radical (unpaired) electrons. The molecule has 0 unspecified atom stereocenters. The van der Waals surface area contributed by atoms with Crippen molar-refractivity contribution in [2.75, 3.05) is 7.05 Å². The Morgan fingerprint density at radius 1 is 1.08 bits per heavy atom. The second-order valence-electron chi connectivity index (χ2n) is 5.81. The predicted octanol–water partition coefficient (Wildman–Crippen LogP) is 4.43. The summed E-state index contributed by atoms with van der Waals surface area (Å²) in [6.45, 7) is 0. The second kappa shape index (κ2) is 6.90. The van der Waals surface area contributed by atoms with E-state index >= 15 is 0 Å². The fourth-order valence-electron chi connectivity index (χ4n) is 2.97. The Morgan fingerprint density at radius 2 is 1.88 bits per heavy atom. The van der Waals surface area contributed by atoms with E-state index in [1.807, 2.05) is 60.5 Å². The summed E-state index contributed by atoms with van der Waals surface area (Å²) in [6, 6.07) is 20.1. The molecule has 0 spiro atoms. The molecule has 1 aliphatic heterocycles. The highest BCUT2D eigenvalue weighted by Gasteiger charge is 2.39. The van der Waals surface area contributed by atoms with Crippen LogP contribution in [0.15, 0.2) is 81.3 Å². The smallest absolute Gasteiger partial charge is 0.170 e. The Bertz CT molecular complexity index is 867. The lowest BCUT2D eigenvalue weighted by Crippen LogP contribution is -2.24. The molecule has 4 rings (SSSR count). The first kappa shape index (κ1) is 16.2. The first-order valence-electron chi connectivity index (χ1n) is 7.99. The molecular weight excluding hydrogens is 350 g/mol. The van der Waals surface area contributed by atoms with Crippen LogP contribution in [0, 0.1) is 0 Å². The van der Waals surface area contributed by atoms with Gasteiger partial charge >= 0.3 is 0 Å². The van der Waals surface area contributed by atoms with Crippen LogP contribution in [-0.2, 0) is 0 Å². The van der Waals surface area contributed by atoms with Gasteiger partial charge < -0.3 is 14.6 Å². The van der Waals surface area contributed by atoms with Crippen molar-refractivity contribution in [2.45, 2.75) is 22.1 Å². The largest absolute Gasteiger partial charge is 0.452 e. The standard InChI is InChI=1S/C19H17N3OS2/c1-22-18(17(21-19(22)24)14-9-5-6-12-20-14)15-10-11-16(23-15)25-13-7-3-2-4-8-13/h2-12,17-18H,1H3,(H,21,24)/t17-,18-/m0/s1. The van der Waals surface area contributed by atoms with Gasteiger partial charge in [-0.3, -0.25) is 4.98 Å². The first-order valence-corrected chi connectivity index (χ1v) is 9.22. The number of furan rings is 1. The summed E-state index contributed by atoms with van der Waals surface area (Å²) in [7, 11) is 1.98. The Kier molecular flexibility index (Phi) is 4.46. The molecule has 6 heteroatoms. The van der Waals surface area contributed by atoms with Gasteiger partial charge in [-0.15, -0.1) is 0 Å². The third-order valence-electron chi connectivity index (χ3n) is 4.19. The van der Waals surface area contributed by atoms with Gasteiger partial charge in [0.05, 0.1) is 11.7 Å². The topological polar surface area (TPSA) is 41.3 Å². The maximum atomic E-state index is 6.14. The molecule has 1 aromatic carbocycles. The van der Waals surface area contributed by atoms with Crippen LogP contribution in [0.2, 0.25) is 0 Å². The van der Waals surface area contributed by atoms with Gasteiger partial charge in [-0.25, -0.2) is 0 Å². The summed E-state index contributed by atoms with van der Waals surface area (Å²) in [5.74, 6) is 0.879. The van der Waals surface area contributed by atoms with Crippen molar-refractivity contribution >= 4 is 29.1 Å². The molecule has 0 amide bonds. The van der Waals surface area contributed by atoms with Crippen molar-refractivity contribution < 1.29 is 4.42 Å². The summed E-state index contributed by atoms with van der Waals surface area (Å²) in [5.41, 5.74) is 0.952. The highest BCUT2D eigenvalue weighted by Crippen LogP contribution is 2.40. The first-order chi connectivity index (χ1) is 12.2. The molecule has 2 aromatic heterocycles. The Labute approximate surface area is 156 Å². The van der Waals surface area contributed by atoms with Crippen LogP contribution in [0.25, 0.3) is 0 Å². The summed E-state index contributed by atoms with van der Waals surface area (Å²) in [4.78, 5) is 7.67. The van der Waals surface area contributed by atoms with Crippen molar-refractivity contribution in [3.63, 3.8) is 0 Å². The molecule has 0 aliphatic carbocycles. The Morgan fingerprint density at radius 3 is 2.64 bits per heavy atom. The van der Waals surface area contributed by atoms with E-state index in [0.29, 0.717) is 5.11 Å². The highest BCUT2D eigenvalue weighted by atomic mass is 32.2. The summed E-state index contributed by atoms with van der Waals surface area (Å²) < 4.78 is 6.14. The van der Waals surface area contributed by atoms with Gasteiger partial charge in [0.15, 0.2) is 10.2 Å². The van der Waals surface area contributed by atoms with Crippen LogP contribution >= 0.6 is 24.0 Å². The van der Waals surface area contributed by atoms with E-state index < -0.39 is 0 Å². The van der Waals surface area contributed by atoms with Gasteiger partial charge in [0.2, 0.25) is 0 Å². The lowest BCUT2D eigenvalue weighted by Gasteiger charge is -2.21. The molecule has 0 saturated carbocycles. The van der Waals surface area contributed by atoms with Gasteiger partial charge in [-0.1, -0.05) is 36.0 Å². The molecule has 1 N–H and O–H groups in total. The average Bonchev–Trinajstić information content (AvgIpc) is 3.21. The van der Waals surface area contributed by atoms with E-state index in [-0.39, 0.29) is 12.1 Å². The monoisotopic (exact) mass is 367 g/mol. The molecule has 3 heterocycles. The fourth-order valence-corrected chi connectivity index (χ4v) is 4.01. The van der Waals surface area contributed by atoms with Gasteiger partial charge in [0.25, 0.3) is 0 Å². The van der Waals surface area contributed by atoms with Crippen LogP contribution in [0.5, 0.6) is 0 Å². The summed E-state index contributed by atoms with van der Waals surface area (Å²) >= 11 is 7.06. The number of hydrogen-bond acceptors (Lipinski definition) is 4. The number of aromatic nitrogens is 1. The van der Waals surface area contributed by atoms with Crippen molar-refractivity contribution in [3.05, 3.63) is 78.3 Å². The minimum atomic E-state index is -0.0283. The molecule has 25 heavy (non-hydrogen) atoms. The Hall–Kier alpha value is -2.31. The molecule has 1 aliphatic rings. The van der Waals surface area contributed by atoms with E-state index in [1.54, 1.807) is 18.0 Å². The van der Waals surface area contributed by atoms with Gasteiger partial charge in [0, 0.05) is 18.1 Å². The van der Waals surface area contributed by atoms with Crippen LogP contribution in [0.3, 0.4) is 0 Å². The number of rotatable bonds is 4. The van der Waals surface area contributed by atoms with Crippen molar-refractivity contribution in [1.29, 1.82) is 0 Å².